The topological polar surface area (TPSA) is 55.2 Å². The summed E-state index contributed by atoms with van der Waals surface area (Å²) in [6, 6.07) is 5.49. The van der Waals surface area contributed by atoms with Crippen LogP contribution in [0.1, 0.15) is 39.7 Å². The highest BCUT2D eigenvalue weighted by Gasteiger charge is 2.27. The number of nitro benzene ring substituents is 1. The number of halogens is 1. The van der Waals surface area contributed by atoms with Gasteiger partial charge in [0.05, 0.1) is 4.92 Å². The molecule has 4 nitrogen and oxygen atoms in total. The van der Waals surface area contributed by atoms with E-state index in [0.29, 0.717) is 6.42 Å². The summed E-state index contributed by atoms with van der Waals surface area (Å²) in [4.78, 5) is 10.9. The normalized spacial score (nSPS) is 13.2. The fourth-order valence-corrected chi connectivity index (χ4v) is 2.45. The third-order valence-corrected chi connectivity index (χ3v) is 3.85. The predicted octanol–water partition coefficient (Wildman–Crippen LogP) is 4.31. The van der Waals surface area contributed by atoms with Crippen LogP contribution in [0.3, 0.4) is 0 Å². The first-order valence-electron chi connectivity index (χ1n) is 6.92. The zero-order valence-corrected chi connectivity index (χ0v) is 14.2. The number of benzene rings is 1. The zero-order chi connectivity index (χ0) is 15.3. The molecular weight excluding hydrogens is 320 g/mol. The highest BCUT2D eigenvalue weighted by Crippen LogP contribution is 2.29. The Balaban J connectivity index is 3.01. The minimum Gasteiger partial charge on any atom is -0.313 e. The molecule has 0 saturated heterocycles. The van der Waals surface area contributed by atoms with E-state index in [4.69, 9.17) is 0 Å². The van der Waals surface area contributed by atoms with Crippen molar-refractivity contribution in [1.29, 1.82) is 0 Å². The second kappa shape index (κ2) is 7.18. The van der Waals surface area contributed by atoms with E-state index in [1.165, 1.54) is 0 Å². The molecule has 0 spiro atoms. The molecule has 0 fully saturated rings. The summed E-state index contributed by atoms with van der Waals surface area (Å²) in [5.74, 6) is 0. The van der Waals surface area contributed by atoms with Gasteiger partial charge in [0.25, 0.3) is 5.69 Å². The summed E-state index contributed by atoms with van der Waals surface area (Å²) in [5, 5.41) is 14.7. The maximum atomic E-state index is 11.2. The lowest BCUT2D eigenvalue weighted by Gasteiger charge is -2.31. The first-order chi connectivity index (χ1) is 9.25. The minimum atomic E-state index is -0.306. The highest BCUT2D eigenvalue weighted by molar-refractivity contribution is 9.10. The van der Waals surface area contributed by atoms with Gasteiger partial charge in [-0.2, -0.15) is 0 Å². The molecule has 1 aromatic rings. The smallest absolute Gasteiger partial charge is 0.273 e. The molecule has 1 rings (SSSR count). The van der Waals surface area contributed by atoms with Gasteiger partial charge in [-0.3, -0.25) is 10.1 Å². The standard InChI is InChI=1S/C15H23BrN2O2/c1-5-8-17-14(15(2,3)4)9-11-6-7-12(16)10-13(11)18(19)20/h6-7,10,14,17H,5,8-9H2,1-4H3. The van der Waals surface area contributed by atoms with Gasteiger partial charge < -0.3 is 5.32 Å². The fraction of sp³-hybridized carbons (Fsp3) is 0.600. The van der Waals surface area contributed by atoms with Crippen LogP contribution in [-0.2, 0) is 6.42 Å². The summed E-state index contributed by atoms with van der Waals surface area (Å²) in [6.07, 6.45) is 1.71. The Hall–Kier alpha value is -0.940. The first-order valence-corrected chi connectivity index (χ1v) is 7.71. The summed E-state index contributed by atoms with van der Waals surface area (Å²) >= 11 is 3.29. The van der Waals surface area contributed by atoms with Crippen LogP contribution in [0.4, 0.5) is 5.69 Å². The van der Waals surface area contributed by atoms with Crippen molar-refractivity contribution in [3.63, 3.8) is 0 Å². The maximum Gasteiger partial charge on any atom is 0.273 e. The summed E-state index contributed by atoms with van der Waals surface area (Å²) in [5.41, 5.74) is 1.02. The Labute approximate surface area is 129 Å². The van der Waals surface area contributed by atoms with E-state index in [9.17, 15) is 10.1 Å². The molecule has 5 heteroatoms. The lowest BCUT2D eigenvalue weighted by molar-refractivity contribution is -0.385. The van der Waals surface area contributed by atoms with Crippen molar-refractivity contribution in [3.8, 4) is 0 Å². The fourth-order valence-electron chi connectivity index (χ4n) is 2.10. The molecule has 1 aromatic carbocycles. The van der Waals surface area contributed by atoms with Crippen molar-refractivity contribution in [3.05, 3.63) is 38.3 Å². The van der Waals surface area contributed by atoms with E-state index >= 15 is 0 Å². The molecule has 0 bridgehead atoms. The van der Waals surface area contributed by atoms with Gasteiger partial charge >= 0.3 is 0 Å². The third kappa shape index (κ3) is 4.87. The summed E-state index contributed by atoms with van der Waals surface area (Å²) in [6.45, 7) is 9.52. The zero-order valence-electron chi connectivity index (χ0n) is 12.6. The van der Waals surface area contributed by atoms with Crippen LogP contribution in [0.25, 0.3) is 0 Å². The largest absolute Gasteiger partial charge is 0.313 e. The Bertz CT molecular complexity index is 469. The summed E-state index contributed by atoms with van der Waals surface area (Å²) < 4.78 is 0.738. The molecule has 0 aliphatic carbocycles. The van der Waals surface area contributed by atoms with Crippen LogP contribution in [0, 0.1) is 15.5 Å². The highest BCUT2D eigenvalue weighted by atomic mass is 79.9. The lowest BCUT2D eigenvalue weighted by Crippen LogP contribution is -2.42. The van der Waals surface area contributed by atoms with E-state index in [0.717, 1.165) is 23.0 Å². The van der Waals surface area contributed by atoms with Crippen molar-refractivity contribution in [2.45, 2.75) is 46.6 Å². The predicted molar refractivity (Wildman–Crippen MR) is 86.0 cm³/mol. The second-order valence-electron chi connectivity index (χ2n) is 6.11. The Kier molecular flexibility index (Phi) is 6.14. The van der Waals surface area contributed by atoms with Crippen molar-refractivity contribution in [1.82, 2.24) is 5.32 Å². The lowest BCUT2D eigenvalue weighted by atomic mass is 9.82. The molecule has 0 aromatic heterocycles. The Morgan fingerprint density at radius 1 is 1.40 bits per heavy atom. The van der Waals surface area contributed by atoms with Gasteiger partial charge in [-0.05, 0) is 30.9 Å². The van der Waals surface area contributed by atoms with Gasteiger partial charge in [0.1, 0.15) is 0 Å². The van der Waals surface area contributed by atoms with Crippen LogP contribution in [0.2, 0.25) is 0 Å². The van der Waals surface area contributed by atoms with E-state index in [-0.39, 0.29) is 22.1 Å². The second-order valence-corrected chi connectivity index (χ2v) is 7.02. The average Bonchev–Trinajstić information content (AvgIpc) is 2.34. The van der Waals surface area contributed by atoms with Crippen LogP contribution < -0.4 is 5.32 Å². The molecular formula is C15H23BrN2O2. The Morgan fingerprint density at radius 2 is 2.05 bits per heavy atom. The number of nitro groups is 1. The van der Waals surface area contributed by atoms with Crippen molar-refractivity contribution in [2.75, 3.05) is 6.54 Å². The molecule has 112 valence electrons. The van der Waals surface area contributed by atoms with E-state index in [2.05, 4.69) is 48.9 Å². The molecule has 0 aliphatic rings. The molecule has 20 heavy (non-hydrogen) atoms. The number of nitrogens with one attached hydrogen (secondary N) is 1. The van der Waals surface area contributed by atoms with Gasteiger partial charge in [0, 0.05) is 22.1 Å². The van der Waals surface area contributed by atoms with Gasteiger partial charge in [0.15, 0.2) is 0 Å². The van der Waals surface area contributed by atoms with E-state index in [1.807, 2.05) is 12.1 Å². The SMILES string of the molecule is CCCNC(Cc1ccc(Br)cc1[N+](=O)[O-])C(C)(C)C. The van der Waals surface area contributed by atoms with E-state index < -0.39 is 0 Å². The monoisotopic (exact) mass is 342 g/mol. The third-order valence-electron chi connectivity index (χ3n) is 3.35. The molecule has 1 N–H and O–H groups in total. The quantitative estimate of drug-likeness (QED) is 0.618. The van der Waals surface area contributed by atoms with Crippen LogP contribution in [-0.4, -0.2) is 17.5 Å². The van der Waals surface area contributed by atoms with Gasteiger partial charge in [-0.1, -0.05) is 49.7 Å². The maximum absolute atomic E-state index is 11.2. The van der Waals surface area contributed by atoms with Crippen molar-refractivity contribution < 1.29 is 4.92 Å². The number of hydrogen-bond donors (Lipinski definition) is 1. The molecule has 0 heterocycles. The summed E-state index contributed by atoms with van der Waals surface area (Å²) in [7, 11) is 0. The number of hydrogen-bond acceptors (Lipinski definition) is 3. The molecule has 0 amide bonds. The van der Waals surface area contributed by atoms with Crippen LogP contribution in [0.15, 0.2) is 22.7 Å². The average molecular weight is 343 g/mol. The number of nitrogens with zero attached hydrogens (tertiary/aromatic N) is 1. The van der Waals surface area contributed by atoms with Gasteiger partial charge in [-0.15, -0.1) is 0 Å². The molecule has 0 radical (unpaired) electrons. The molecule has 1 atom stereocenters. The van der Waals surface area contributed by atoms with Crippen molar-refractivity contribution in [2.24, 2.45) is 5.41 Å². The van der Waals surface area contributed by atoms with Gasteiger partial charge in [0.2, 0.25) is 0 Å². The van der Waals surface area contributed by atoms with Crippen molar-refractivity contribution >= 4 is 21.6 Å². The molecule has 0 aliphatic heterocycles. The minimum absolute atomic E-state index is 0.0517. The number of rotatable bonds is 6. The molecule has 0 saturated carbocycles. The van der Waals surface area contributed by atoms with Gasteiger partial charge in [-0.25, -0.2) is 0 Å². The van der Waals surface area contributed by atoms with Crippen LogP contribution in [0.5, 0.6) is 0 Å². The van der Waals surface area contributed by atoms with Crippen LogP contribution >= 0.6 is 15.9 Å². The first kappa shape index (κ1) is 17.1. The Morgan fingerprint density at radius 3 is 2.55 bits per heavy atom. The van der Waals surface area contributed by atoms with E-state index in [1.54, 1.807) is 6.07 Å². The molecule has 1 unspecified atom stereocenters.